The van der Waals surface area contributed by atoms with Crippen LogP contribution in [0.3, 0.4) is 0 Å². The summed E-state index contributed by atoms with van der Waals surface area (Å²) in [6.07, 6.45) is 6.74. The molecule has 0 saturated carbocycles. The van der Waals surface area contributed by atoms with Crippen molar-refractivity contribution in [3.8, 4) is 0 Å². The molecule has 0 bridgehead atoms. The molecule has 2 aromatic heterocycles. The summed E-state index contributed by atoms with van der Waals surface area (Å²) in [7, 11) is 0. The molecule has 0 amide bonds. The number of hydrogen-bond donors (Lipinski definition) is 2. The summed E-state index contributed by atoms with van der Waals surface area (Å²) in [5.41, 5.74) is 6.07. The molecule has 6 nitrogen and oxygen atoms in total. The third-order valence-corrected chi connectivity index (χ3v) is 2.36. The molecule has 16 heavy (non-hydrogen) atoms. The minimum atomic E-state index is 0.264. The van der Waals surface area contributed by atoms with Gasteiger partial charge in [-0.15, -0.1) is 0 Å². The summed E-state index contributed by atoms with van der Waals surface area (Å²) in [6.45, 7) is 1.47. The fourth-order valence-electron chi connectivity index (χ4n) is 1.24. The molecule has 0 fully saturated rings. The molecule has 0 spiro atoms. The highest BCUT2D eigenvalue weighted by Gasteiger charge is 2.04. The Kier molecular flexibility index (Phi) is 3.21. The van der Waals surface area contributed by atoms with Gasteiger partial charge in [0.05, 0.1) is 6.33 Å². The number of rotatable bonds is 4. The van der Waals surface area contributed by atoms with Gasteiger partial charge in [-0.25, -0.2) is 15.0 Å². The van der Waals surface area contributed by atoms with Crippen molar-refractivity contribution in [3.63, 3.8) is 0 Å². The normalized spacial score (nSPS) is 10.3. The summed E-state index contributed by atoms with van der Waals surface area (Å²) in [4.78, 5) is 11.7. The second-order valence-electron chi connectivity index (χ2n) is 3.15. The first-order valence-electron chi connectivity index (χ1n) is 4.73. The molecule has 0 saturated heterocycles. The first-order chi connectivity index (χ1) is 7.77. The zero-order valence-electron chi connectivity index (χ0n) is 8.47. The van der Waals surface area contributed by atoms with Crippen molar-refractivity contribution in [2.45, 2.75) is 6.54 Å². The van der Waals surface area contributed by atoms with Crippen molar-refractivity contribution in [2.24, 2.45) is 0 Å². The third kappa shape index (κ3) is 2.40. The van der Waals surface area contributed by atoms with Crippen LogP contribution in [-0.2, 0) is 6.54 Å². The van der Waals surface area contributed by atoms with E-state index in [4.69, 9.17) is 17.3 Å². The van der Waals surface area contributed by atoms with Gasteiger partial charge in [0, 0.05) is 25.5 Å². The highest BCUT2D eigenvalue weighted by Crippen LogP contribution is 2.21. The molecule has 0 unspecified atom stereocenters. The fourth-order valence-corrected chi connectivity index (χ4v) is 1.37. The molecular formula is C9H11ClN6. The van der Waals surface area contributed by atoms with Crippen LogP contribution >= 0.6 is 11.6 Å². The molecule has 0 aromatic carbocycles. The third-order valence-electron chi connectivity index (χ3n) is 2.06. The highest BCUT2D eigenvalue weighted by atomic mass is 35.5. The Morgan fingerprint density at radius 1 is 1.44 bits per heavy atom. The smallest absolute Gasteiger partial charge is 0.157 e. The number of nitrogens with one attached hydrogen (secondary N) is 1. The van der Waals surface area contributed by atoms with Crippen molar-refractivity contribution in [1.29, 1.82) is 0 Å². The van der Waals surface area contributed by atoms with E-state index < -0.39 is 0 Å². The van der Waals surface area contributed by atoms with E-state index in [0.29, 0.717) is 18.1 Å². The van der Waals surface area contributed by atoms with Crippen molar-refractivity contribution < 1.29 is 0 Å². The molecule has 0 atom stereocenters. The van der Waals surface area contributed by atoms with Gasteiger partial charge in [0.1, 0.15) is 12.0 Å². The van der Waals surface area contributed by atoms with Crippen molar-refractivity contribution in [3.05, 3.63) is 30.2 Å². The number of hydrogen-bond acceptors (Lipinski definition) is 5. The molecule has 0 radical (unpaired) electrons. The van der Waals surface area contributed by atoms with E-state index in [-0.39, 0.29) is 5.15 Å². The largest absolute Gasteiger partial charge is 0.393 e. The maximum Gasteiger partial charge on any atom is 0.157 e. The monoisotopic (exact) mass is 238 g/mol. The lowest BCUT2D eigenvalue weighted by atomic mass is 10.4. The quantitative estimate of drug-likeness (QED) is 0.778. The van der Waals surface area contributed by atoms with Crippen LogP contribution in [0.15, 0.2) is 25.0 Å². The molecule has 2 aromatic rings. The fraction of sp³-hybridized carbons (Fsp3) is 0.222. The molecule has 0 aliphatic heterocycles. The number of nitrogen functional groups attached to an aromatic ring is 1. The lowest BCUT2D eigenvalue weighted by Gasteiger charge is -2.08. The Morgan fingerprint density at radius 3 is 3.06 bits per heavy atom. The maximum atomic E-state index is 5.76. The number of aromatic nitrogens is 4. The summed E-state index contributed by atoms with van der Waals surface area (Å²) in [5.74, 6) is 0.556. The molecule has 7 heteroatoms. The SMILES string of the molecule is Nc1c(Cl)ncnc1NCCn1ccnc1. The van der Waals surface area contributed by atoms with Crippen LogP contribution in [0.25, 0.3) is 0 Å². The van der Waals surface area contributed by atoms with Crippen LogP contribution in [0.4, 0.5) is 11.5 Å². The average molecular weight is 239 g/mol. The van der Waals surface area contributed by atoms with E-state index in [0.717, 1.165) is 6.54 Å². The zero-order chi connectivity index (χ0) is 11.4. The number of nitrogens with two attached hydrogens (primary N) is 1. The van der Waals surface area contributed by atoms with Gasteiger partial charge in [0.15, 0.2) is 11.0 Å². The Morgan fingerprint density at radius 2 is 2.31 bits per heavy atom. The standard InChI is InChI=1S/C9H11ClN6/c10-8-7(11)9(15-5-14-8)13-2-4-16-3-1-12-6-16/h1,3,5-6H,2,4,11H2,(H,13,14,15). The minimum Gasteiger partial charge on any atom is -0.393 e. The van der Waals surface area contributed by atoms with E-state index in [9.17, 15) is 0 Å². The molecule has 84 valence electrons. The number of nitrogens with zero attached hydrogens (tertiary/aromatic N) is 4. The van der Waals surface area contributed by atoms with Gasteiger partial charge in [0.25, 0.3) is 0 Å². The second kappa shape index (κ2) is 4.80. The van der Waals surface area contributed by atoms with Crippen LogP contribution in [0, 0.1) is 0 Å². The molecular weight excluding hydrogens is 228 g/mol. The first-order valence-corrected chi connectivity index (χ1v) is 5.11. The van der Waals surface area contributed by atoms with E-state index in [1.165, 1.54) is 6.33 Å². The number of halogens is 1. The Bertz CT molecular complexity index is 455. The van der Waals surface area contributed by atoms with Gasteiger partial charge < -0.3 is 15.6 Å². The second-order valence-corrected chi connectivity index (χ2v) is 3.51. The van der Waals surface area contributed by atoms with Crippen molar-refractivity contribution >= 4 is 23.1 Å². The predicted molar refractivity (Wildman–Crippen MR) is 62.2 cm³/mol. The predicted octanol–water partition coefficient (Wildman–Crippen LogP) is 1.02. The van der Waals surface area contributed by atoms with Crippen LogP contribution in [0.1, 0.15) is 0 Å². The van der Waals surface area contributed by atoms with Gasteiger partial charge in [-0.05, 0) is 0 Å². The molecule has 2 heterocycles. The van der Waals surface area contributed by atoms with Crippen molar-refractivity contribution in [1.82, 2.24) is 19.5 Å². The van der Waals surface area contributed by atoms with E-state index in [1.807, 2.05) is 10.8 Å². The Labute approximate surface area is 97.5 Å². The van der Waals surface area contributed by atoms with Gasteiger partial charge in [-0.2, -0.15) is 0 Å². The molecule has 0 aliphatic carbocycles. The van der Waals surface area contributed by atoms with E-state index in [1.54, 1.807) is 12.5 Å². The van der Waals surface area contributed by atoms with Gasteiger partial charge in [-0.3, -0.25) is 0 Å². The zero-order valence-corrected chi connectivity index (χ0v) is 9.22. The van der Waals surface area contributed by atoms with E-state index in [2.05, 4.69) is 20.3 Å². The van der Waals surface area contributed by atoms with E-state index >= 15 is 0 Å². The Hall–Kier alpha value is -1.82. The van der Waals surface area contributed by atoms with Crippen LogP contribution < -0.4 is 11.1 Å². The summed E-state index contributed by atoms with van der Waals surface area (Å²) in [5, 5.41) is 3.35. The number of imidazole rings is 1. The minimum absolute atomic E-state index is 0.264. The van der Waals surface area contributed by atoms with Crippen LogP contribution in [-0.4, -0.2) is 26.1 Å². The summed E-state index contributed by atoms with van der Waals surface area (Å²) in [6, 6.07) is 0. The molecule has 0 aliphatic rings. The lowest BCUT2D eigenvalue weighted by Crippen LogP contribution is -2.12. The Balaban J connectivity index is 1.92. The van der Waals surface area contributed by atoms with Gasteiger partial charge >= 0.3 is 0 Å². The molecule has 3 N–H and O–H groups in total. The molecule has 2 rings (SSSR count). The van der Waals surface area contributed by atoms with Gasteiger partial charge in [-0.1, -0.05) is 11.6 Å². The summed E-state index contributed by atoms with van der Waals surface area (Å²) >= 11 is 5.76. The topological polar surface area (TPSA) is 81.6 Å². The van der Waals surface area contributed by atoms with Gasteiger partial charge in [0.2, 0.25) is 0 Å². The average Bonchev–Trinajstić information content (AvgIpc) is 2.77. The van der Waals surface area contributed by atoms with Crippen LogP contribution in [0.5, 0.6) is 0 Å². The lowest BCUT2D eigenvalue weighted by molar-refractivity contribution is 0.725. The van der Waals surface area contributed by atoms with Crippen LogP contribution in [0.2, 0.25) is 5.15 Å². The summed E-state index contributed by atoms with van der Waals surface area (Å²) < 4.78 is 1.95. The maximum absolute atomic E-state index is 5.76. The number of anilines is 2. The highest BCUT2D eigenvalue weighted by molar-refractivity contribution is 6.32. The first kappa shape index (κ1) is 10.7. The van der Waals surface area contributed by atoms with Crippen molar-refractivity contribution in [2.75, 3.05) is 17.6 Å².